The molecule has 3 heteroatoms. The topological polar surface area (TPSA) is 20.2 Å². The molecular weight excluding hydrogens is 385 g/mol. The molecule has 0 amide bonds. The molecule has 2 aromatic rings. The van der Waals surface area contributed by atoms with E-state index in [-0.39, 0.29) is 24.0 Å². The molecular formula is C19H24INO. The average molecular weight is 409 g/mol. The maximum atomic E-state index is 11.3. The van der Waals surface area contributed by atoms with Gasteiger partial charge in [0.05, 0.1) is 27.7 Å². The van der Waals surface area contributed by atoms with Crippen LogP contribution in [0, 0.1) is 0 Å². The number of halogens is 1. The Morgan fingerprint density at radius 3 is 1.64 bits per heavy atom. The fraction of sp³-hybridized carbons (Fsp3) is 0.263. The fourth-order valence-corrected chi connectivity index (χ4v) is 2.28. The number of hydrogen-bond donors (Lipinski definition) is 1. The van der Waals surface area contributed by atoms with Gasteiger partial charge < -0.3 is 33.6 Å². The highest BCUT2D eigenvalue weighted by atomic mass is 127. The monoisotopic (exact) mass is 409 g/mol. The van der Waals surface area contributed by atoms with E-state index in [9.17, 15) is 5.11 Å². The molecule has 118 valence electrons. The zero-order chi connectivity index (χ0) is 15.3. The second-order valence-electron chi connectivity index (χ2n) is 6.37. The third-order valence-corrected chi connectivity index (χ3v) is 3.44. The maximum absolute atomic E-state index is 11.3. The lowest BCUT2D eigenvalue weighted by molar-refractivity contribution is -0.864. The predicted octanol–water partition coefficient (Wildman–Crippen LogP) is 0.189. The lowest BCUT2D eigenvalue weighted by atomic mass is 9.86. The summed E-state index contributed by atoms with van der Waals surface area (Å²) in [5, 5.41) is 11.3. The van der Waals surface area contributed by atoms with Crippen LogP contribution in [0.2, 0.25) is 0 Å². The summed E-state index contributed by atoms with van der Waals surface area (Å²) >= 11 is 0. The number of nitrogens with zero attached hydrogens (tertiary/aromatic N) is 1. The van der Waals surface area contributed by atoms with Crippen LogP contribution in [0.5, 0.6) is 0 Å². The van der Waals surface area contributed by atoms with Gasteiger partial charge in [0.1, 0.15) is 5.60 Å². The molecule has 0 fully saturated rings. The zero-order valence-corrected chi connectivity index (χ0v) is 15.6. The third-order valence-electron chi connectivity index (χ3n) is 3.44. The number of quaternary nitrogens is 1. The van der Waals surface area contributed by atoms with Crippen LogP contribution in [-0.4, -0.2) is 37.3 Å². The minimum absolute atomic E-state index is 0. The number of aliphatic hydroxyl groups is 1. The van der Waals surface area contributed by atoms with E-state index in [2.05, 4.69) is 27.2 Å². The fourth-order valence-electron chi connectivity index (χ4n) is 2.28. The molecule has 0 heterocycles. The Morgan fingerprint density at radius 2 is 1.27 bits per heavy atom. The van der Waals surface area contributed by atoms with Gasteiger partial charge in [-0.25, -0.2) is 0 Å². The summed E-state index contributed by atoms with van der Waals surface area (Å²) in [7, 11) is 6.40. The Bertz CT molecular complexity index is 548. The molecule has 0 aromatic heterocycles. The quantitative estimate of drug-likeness (QED) is 0.425. The summed E-state index contributed by atoms with van der Waals surface area (Å²) < 4.78 is 0.830. The van der Waals surface area contributed by atoms with Crippen LogP contribution >= 0.6 is 0 Å². The second kappa shape index (κ2) is 7.90. The van der Waals surface area contributed by atoms with Crippen molar-refractivity contribution in [1.29, 1.82) is 0 Å². The summed E-state index contributed by atoms with van der Waals surface area (Å²) in [6.45, 7) is 0.863. The number of hydrogen-bond acceptors (Lipinski definition) is 1. The Kier molecular flexibility index (Phi) is 6.78. The highest BCUT2D eigenvalue weighted by Crippen LogP contribution is 2.30. The highest BCUT2D eigenvalue weighted by Gasteiger charge is 2.28. The van der Waals surface area contributed by atoms with Crippen molar-refractivity contribution < 1.29 is 33.6 Å². The molecule has 0 spiro atoms. The maximum Gasteiger partial charge on any atom is 0.133 e. The molecule has 1 N–H and O–H groups in total. The summed E-state index contributed by atoms with van der Waals surface area (Å²) in [5.74, 6) is 0. The summed E-state index contributed by atoms with van der Waals surface area (Å²) in [5.41, 5.74) is 0.681. The van der Waals surface area contributed by atoms with Gasteiger partial charge >= 0.3 is 0 Å². The Labute approximate surface area is 150 Å². The third kappa shape index (κ3) is 4.93. The summed E-state index contributed by atoms with van der Waals surface area (Å²) in [4.78, 5) is 0. The summed E-state index contributed by atoms with van der Waals surface area (Å²) in [6.07, 6.45) is 3.96. The molecule has 0 atom stereocenters. The van der Waals surface area contributed by atoms with Crippen LogP contribution in [0.1, 0.15) is 11.1 Å². The zero-order valence-electron chi connectivity index (χ0n) is 13.4. The minimum atomic E-state index is -1.09. The van der Waals surface area contributed by atoms with Crippen molar-refractivity contribution in [3.8, 4) is 0 Å². The average Bonchev–Trinajstić information content (AvgIpc) is 2.47. The minimum Gasteiger partial charge on any atom is -1.00 e. The molecule has 0 saturated heterocycles. The van der Waals surface area contributed by atoms with E-state index in [1.165, 1.54) is 0 Å². The van der Waals surface area contributed by atoms with E-state index in [1.807, 2.05) is 66.7 Å². The highest BCUT2D eigenvalue weighted by molar-refractivity contribution is 5.40. The van der Waals surface area contributed by atoms with Crippen molar-refractivity contribution >= 4 is 0 Å². The number of rotatable bonds is 5. The first kappa shape index (κ1) is 18.9. The van der Waals surface area contributed by atoms with Gasteiger partial charge in [-0.3, -0.25) is 0 Å². The van der Waals surface area contributed by atoms with Gasteiger partial charge in [-0.15, -0.1) is 0 Å². The van der Waals surface area contributed by atoms with Gasteiger partial charge in [-0.05, 0) is 23.3 Å². The van der Waals surface area contributed by atoms with E-state index in [4.69, 9.17) is 0 Å². The Morgan fingerprint density at radius 1 is 0.864 bits per heavy atom. The smallest absolute Gasteiger partial charge is 0.133 e. The van der Waals surface area contributed by atoms with E-state index in [0.717, 1.165) is 22.2 Å². The molecule has 0 aliphatic heterocycles. The van der Waals surface area contributed by atoms with Gasteiger partial charge in [0.25, 0.3) is 0 Å². The molecule has 0 aliphatic rings. The molecule has 2 rings (SSSR count). The molecule has 2 aromatic carbocycles. The first-order chi connectivity index (χ1) is 9.92. The molecule has 0 bridgehead atoms. The van der Waals surface area contributed by atoms with E-state index in [0.29, 0.717) is 0 Å². The molecule has 22 heavy (non-hydrogen) atoms. The van der Waals surface area contributed by atoms with Gasteiger partial charge in [-0.1, -0.05) is 60.7 Å². The van der Waals surface area contributed by atoms with E-state index in [1.54, 1.807) is 0 Å². The van der Waals surface area contributed by atoms with Crippen molar-refractivity contribution in [3.63, 3.8) is 0 Å². The van der Waals surface area contributed by atoms with Gasteiger partial charge in [-0.2, -0.15) is 0 Å². The van der Waals surface area contributed by atoms with Crippen LogP contribution in [0.4, 0.5) is 0 Å². The molecule has 0 aliphatic carbocycles. The van der Waals surface area contributed by atoms with Crippen molar-refractivity contribution in [2.24, 2.45) is 0 Å². The predicted molar refractivity (Wildman–Crippen MR) is 87.9 cm³/mol. The lowest BCUT2D eigenvalue weighted by Gasteiger charge is -2.27. The van der Waals surface area contributed by atoms with Crippen molar-refractivity contribution in [2.75, 3.05) is 27.7 Å². The molecule has 0 radical (unpaired) electrons. The van der Waals surface area contributed by atoms with Crippen molar-refractivity contribution in [2.45, 2.75) is 5.60 Å². The van der Waals surface area contributed by atoms with Crippen LogP contribution < -0.4 is 24.0 Å². The summed E-state index contributed by atoms with van der Waals surface area (Å²) in [6, 6.07) is 19.6. The molecule has 0 saturated carbocycles. The van der Waals surface area contributed by atoms with Gasteiger partial charge in [0.15, 0.2) is 0 Å². The van der Waals surface area contributed by atoms with E-state index >= 15 is 0 Å². The molecule has 0 unspecified atom stereocenters. The normalized spacial score (nSPS) is 12.2. The van der Waals surface area contributed by atoms with Crippen LogP contribution in [0.25, 0.3) is 0 Å². The number of likely N-dealkylation sites (N-methyl/N-ethyl adjacent to an activating group) is 1. The Balaban J connectivity index is 0.00000242. The van der Waals surface area contributed by atoms with Crippen LogP contribution in [0.3, 0.4) is 0 Å². The number of benzene rings is 2. The van der Waals surface area contributed by atoms with Crippen LogP contribution in [0.15, 0.2) is 72.8 Å². The van der Waals surface area contributed by atoms with Gasteiger partial charge in [0, 0.05) is 0 Å². The van der Waals surface area contributed by atoms with Crippen molar-refractivity contribution in [3.05, 3.63) is 83.9 Å². The first-order valence-corrected chi connectivity index (χ1v) is 7.23. The Hall–Kier alpha value is -1.17. The van der Waals surface area contributed by atoms with Gasteiger partial charge in [0.2, 0.25) is 0 Å². The second-order valence-corrected chi connectivity index (χ2v) is 6.37. The SMILES string of the molecule is C[N+](C)(C)C/C=C/C(O)(c1ccccc1)c1ccccc1.[I-]. The van der Waals surface area contributed by atoms with Crippen molar-refractivity contribution in [1.82, 2.24) is 0 Å². The van der Waals surface area contributed by atoms with E-state index < -0.39 is 5.60 Å². The first-order valence-electron chi connectivity index (χ1n) is 7.23. The standard InChI is InChI=1S/C19H24NO.HI/c1-20(2,3)16-10-15-19(21,17-11-6-4-7-12-17)18-13-8-5-9-14-18;/h4-15,21H,16H2,1-3H3;1H/q+1;/p-1/b15-10+;. The largest absolute Gasteiger partial charge is 1.00 e. The molecule has 2 nitrogen and oxygen atoms in total. The van der Waals surface area contributed by atoms with Crippen LogP contribution in [-0.2, 0) is 5.60 Å². The lowest BCUT2D eigenvalue weighted by Crippen LogP contribution is -3.00.